The Morgan fingerprint density at radius 1 is 1.73 bits per heavy atom. The van der Waals surface area contributed by atoms with Crippen molar-refractivity contribution in [3.63, 3.8) is 0 Å². The molecule has 1 fully saturated rings. The number of rotatable bonds is 4. The molecule has 2 N–H and O–H groups in total. The minimum atomic E-state index is -0.707. The molecule has 1 unspecified atom stereocenters. The second-order valence-electron chi connectivity index (χ2n) is 3.69. The van der Waals surface area contributed by atoms with Gasteiger partial charge in [-0.3, -0.25) is 0 Å². The van der Waals surface area contributed by atoms with Crippen molar-refractivity contribution in [3.05, 3.63) is 15.5 Å². The third-order valence-corrected chi connectivity index (χ3v) is 3.45. The molecule has 0 aliphatic carbocycles. The minimum absolute atomic E-state index is 0.415. The van der Waals surface area contributed by atoms with Crippen LogP contribution in [-0.4, -0.2) is 35.5 Å². The zero-order valence-corrected chi connectivity index (χ0v) is 9.77. The summed E-state index contributed by atoms with van der Waals surface area (Å²) in [5.74, 6) is 0. The molecule has 84 valence electrons. The maximum Gasteiger partial charge on any atom is 0.113 e. The summed E-state index contributed by atoms with van der Waals surface area (Å²) < 4.78 is 5.83. The fraction of sp³-hybridized carbons (Fsp3) is 0.667. The average molecular weight is 249 g/mol. The number of aromatic nitrogens is 1. The maximum atomic E-state index is 9.94. The molecule has 1 aliphatic rings. The number of nitrogens with zero attached hydrogens (tertiary/aromatic N) is 1. The SMILES string of the molecule is OC1(CNCc2ncc(Cl)s2)CCOC1. The van der Waals surface area contributed by atoms with E-state index in [1.54, 1.807) is 6.20 Å². The first kappa shape index (κ1) is 11.3. The number of thiazole rings is 1. The molecule has 1 aromatic rings. The van der Waals surface area contributed by atoms with Crippen LogP contribution in [0.25, 0.3) is 0 Å². The molecule has 15 heavy (non-hydrogen) atoms. The number of hydrogen-bond donors (Lipinski definition) is 2. The van der Waals surface area contributed by atoms with Crippen LogP contribution in [0.4, 0.5) is 0 Å². The molecule has 1 saturated heterocycles. The molecule has 2 rings (SSSR count). The first-order chi connectivity index (χ1) is 7.18. The van der Waals surface area contributed by atoms with Gasteiger partial charge in [0.15, 0.2) is 0 Å². The lowest BCUT2D eigenvalue weighted by Crippen LogP contribution is -2.40. The molecule has 1 aliphatic heterocycles. The van der Waals surface area contributed by atoms with Gasteiger partial charge in [0.25, 0.3) is 0 Å². The standard InChI is InChI=1S/C9H13ClN2O2S/c10-7-3-12-8(15-7)4-11-5-9(13)1-2-14-6-9/h3,11,13H,1-2,4-6H2. The normalized spacial score (nSPS) is 26.0. The summed E-state index contributed by atoms with van der Waals surface area (Å²) >= 11 is 7.20. The van der Waals surface area contributed by atoms with Gasteiger partial charge in [0.05, 0.1) is 12.8 Å². The molecule has 0 bridgehead atoms. The zero-order valence-electron chi connectivity index (χ0n) is 8.20. The van der Waals surface area contributed by atoms with E-state index in [0.29, 0.717) is 37.1 Å². The van der Waals surface area contributed by atoms with Gasteiger partial charge in [0.1, 0.15) is 14.9 Å². The van der Waals surface area contributed by atoms with Gasteiger partial charge in [-0.2, -0.15) is 0 Å². The van der Waals surface area contributed by atoms with Gasteiger partial charge in [0.2, 0.25) is 0 Å². The Hall–Kier alpha value is -0.200. The molecule has 6 heteroatoms. The predicted molar refractivity (Wildman–Crippen MR) is 59.2 cm³/mol. The van der Waals surface area contributed by atoms with Gasteiger partial charge in [-0.25, -0.2) is 4.98 Å². The number of nitrogens with one attached hydrogen (secondary N) is 1. The second-order valence-corrected chi connectivity index (χ2v) is 5.44. The smallest absolute Gasteiger partial charge is 0.113 e. The fourth-order valence-corrected chi connectivity index (χ4v) is 2.43. The summed E-state index contributed by atoms with van der Waals surface area (Å²) in [6, 6.07) is 0. The number of aliphatic hydroxyl groups is 1. The summed E-state index contributed by atoms with van der Waals surface area (Å²) in [6.45, 7) is 2.23. The topological polar surface area (TPSA) is 54.4 Å². The van der Waals surface area contributed by atoms with Crippen molar-refractivity contribution < 1.29 is 9.84 Å². The summed E-state index contributed by atoms with van der Waals surface area (Å²) in [5, 5.41) is 14.0. The van der Waals surface area contributed by atoms with E-state index in [1.807, 2.05) is 0 Å². The Morgan fingerprint density at radius 3 is 3.20 bits per heavy atom. The Bertz CT molecular complexity index is 326. The first-order valence-electron chi connectivity index (χ1n) is 4.79. The molecule has 0 amide bonds. The lowest BCUT2D eigenvalue weighted by atomic mass is 10.0. The largest absolute Gasteiger partial charge is 0.386 e. The highest BCUT2D eigenvalue weighted by Crippen LogP contribution is 2.19. The Labute approximate surface area is 97.2 Å². The van der Waals surface area contributed by atoms with E-state index in [4.69, 9.17) is 16.3 Å². The van der Waals surface area contributed by atoms with Crippen molar-refractivity contribution in [1.29, 1.82) is 0 Å². The van der Waals surface area contributed by atoms with Crippen LogP contribution in [0.2, 0.25) is 4.34 Å². The number of ether oxygens (including phenoxy) is 1. The monoisotopic (exact) mass is 248 g/mol. The van der Waals surface area contributed by atoms with Crippen molar-refractivity contribution in [2.45, 2.75) is 18.6 Å². The molecule has 0 spiro atoms. The van der Waals surface area contributed by atoms with Crippen LogP contribution in [0.3, 0.4) is 0 Å². The lowest BCUT2D eigenvalue weighted by molar-refractivity contribution is 0.0268. The van der Waals surface area contributed by atoms with Gasteiger partial charge in [-0.15, -0.1) is 11.3 Å². The summed E-state index contributed by atoms with van der Waals surface area (Å²) in [5.41, 5.74) is -0.707. The molecule has 2 heterocycles. The van der Waals surface area contributed by atoms with Crippen molar-refractivity contribution in [3.8, 4) is 0 Å². The maximum absolute atomic E-state index is 9.94. The van der Waals surface area contributed by atoms with E-state index in [2.05, 4.69) is 10.3 Å². The Morgan fingerprint density at radius 2 is 2.60 bits per heavy atom. The molecule has 0 radical (unpaired) electrons. The second kappa shape index (κ2) is 4.76. The molecule has 4 nitrogen and oxygen atoms in total. The minimum Gasteiger partial charge on any atom is -0.386 e. The van der Waals surface area contributed by atoms with Gasteiger partial charge >= 0.3 is 0 Å². The van der Waals surface area contributed by atoms with Crippen molar-refractivity contribution in [2.24, 2.45) is 0 Å². The highest BCUT2D eigenvalue weighted by Gasteiger charge is 2.31. The summed E-state index contributed by atoms with van der Waals surface area (Å²) in [4.78, 5) is 4.11. The van der Waals surface area contributed by atoms with Crippen LogP contribution in [0.5, 0.6) is 0 Å². The first-order valence-corrected chi connectivity index (χ1v) is 5.98. The third-order valence-electron chi connectivity index (χ3n) is 2.34. The van der Waals surface area contributed by atoms with E-state index < -0.39 is 5.60 Å². The molecule has 1 atom stereocenters. The van der Waals surface area contributed by atoms with Gasteiger partial charge in [-0.1, -0.05) is 11.6 Å². The van der Waals surface area contributed by atoms with Crippen molar-refractivity contribution >= 4 is 22.9 Å². The molecule has 0 aromatic carbocycles. The Kier molecular flexibility index (Phi) is 3.58. The summed E-state index contributed by atoms with van der Waals surface area (Å²) in [7, 11) is 0. The highest BCUT2D eigenvalue weighted by molar-refractivity contribution is 7.15. The third kappa shape index (κ3) is 3.12. The van der Waals surface area contributed by atoms with E-state index in [0.717, 1.165) is 5.01 Å². The van der Waals surface area contributed by atoms with Crippen LogP contribution in [0.1, 0.15) is 11.4 Å². The van der Waals surface area contributed by atoms with Gasteiger partial charge in [-0.05, 0) is 0 Å². The van der Waals surface area contributed by atoms with E-state index in [-0.39, 0.29) is 0 Å². The van der Waals surface area contributed by atoms with Gasteiger partial charge < -0.3 is 15.2 Å². The van der Waals surface area contributed by atoms with Crippen molar-refractivity contribution in [2.75, 3.05) is 19.8 Å². The molecule has 1 aromatic heterocycles. The van der Waals surface area contributed by atoms with Crippen LogP contribution in [-0.2, 0) is 11.3 Å². The molecular weight excluding hydrogens is 236 g/mol. The van der Waals surface area contributed by atoms with Crippen LogP contribution < -0.4 is 5.32 Å². The fourth-order valence-electron chi connectivity index (χ4n) is 1.51. The predicted octanol–water partition coefficient (Wildman–Crippen LogP) is 1.04. The number of halogens is 1. The van der Waals surface area contributed by atoms with E-state index >= 15 is 0 Å². The van der Waals surface area contributed by atoms with Crippen LogP contribution in [0, 0.1) is 0 Å². The highest BCUT2D eigenvalue weighted by atomic mass is 35.5. The van der Waals surface area contributed by atoms with E-state index in [1.165, 1.54) is 11.3 Å². The average Bonchev–Trinajstić information content (AvgIpc) is 2.76. The van der Waals surface area contributed by atoms with Crippen LogP contribution >= 0.6 is 22.9 Å². The Balaban J connectivity index is 1.75. The van der Waals surface area contributed by atoms with Crippen molar-refractivity contribution in [1.82, 2.24) is 10.3 Å². The quantitative estimate of drug-likeness (QED) is 0.836. The molecular formula is C9H13ClN2O2S. The molecule has 0 saturated carbocycles. The summed E-state index contributed by atoms with van der Waals surface area (Å²) in [6.07, 6.45) is 2.33. The zero-order chi connectivity index (χ0) is 10.7. The van der Waals surface area contributed by atoms with Crippen LogP contribution in [0.15, 0.2) is 6.20 Å². The van der Waals surface area contributed by atoms with E-state index in [9.17, 15) is 5.11 Å². The lowest BCUT2D eigenvalue weighted by Gasteiger charge is -2.20. The van der Waals surface area contributed by atoms with Gasteiger partial charge in [0, 0.05) is 26.1 Å². The number of hydrogen-bond acceptors (Lipinski definition) is 5.